The third-order valence-electron chi connectivity index (χ3n) is 7.53. The number of aromatic carboxylic acids is 1. The van der Waals surface area contributed by atoms with Gasteiger partial charge >= 0.3 is 12.0 Å². The van der Waals surface area contributed by atoms with Crippen LogP contribution in [-0.2, 0) is 24.4 Å². The van der Waals surface area contributed by atoms with Gasteiger partial charge < -0.3 is 24.0 Å². The molecule has 0 bridgehead atoms. The Balaban J connectivity index is 1.09. The summed E-state index contributed by atoms with van der Waals surface area (Å²) in [4.78, 5) is 29.6. The topological polar surface area (TPSA) is 130 Å². The van der Waals surface area contributed by atoms with Gasteiger partial charge in [-0.2, -0.15) is 10.2 Å². The number of fused-ring (bicyclic) bond motifs is 1. The predicted octanol–water partition coefficient (Wildman–Crippen LogP) is 3.39. The number of halogens is 1. The molecule has 42 heavy (non-hydrogen) atoms. The number of carboxylic acids is 1. The lowest BCUT2D eigenvalue weighted by molar-refractivity contribution is 0.0697. The van der Waals surface area contributed by atoms with Crippen LogP contribution in [0.3, 0.4) is 0 Å². The Labute approximate surface area is 241 Å². The molecule has 0 saturated heterocycles. The highest BCUT2D eigenvalue weighted by molar-refractivity contribution is 5.92. The number of nitrogens with zero attached hydrogens (tertiary/aromatic N) is 7. The van der Waals surface area contributed by atoms with E-state index in [1.54, 1.807) is 37.6 Å². The first-order valence-corrected chi connectivity index (χ1v) is 13.4. The van der Waals surface area contributed by atoms with Crippen molar-refractivity contribution in [3.63, 3.8) is 0 Å². The van der Waals surface area contributed by atoms with Crippen molar-refractivity contribution in [1.29, 1.82) is 5.26 Å². The molecular formula is C30H28FN7O4. The van der Waals surface area contributed by atoms with Crippen LogP contribution in [0.25, 0.3) is 11.0 Å². The van der Waals surface area contributed by atoms with Crippen LogP contribution in [0.15, 0.2) is 59.8 Å². The SMILES string of the molecule is COCCn1c(CN2CC3=C(C2)CN(c2ccnc(OCc4ccc(C#N)cc4F)n2)C3)nc2ccc(C(=O)O)cc21. The highest BCUT2D eigenvalue weighted by Gasteiger charge is 2.31. The quantitative estimate of drug-likeness (QED) is 0.284. The number of nitriles is 1. The summed E-state index contributed by atoms with van der Waals surface area (Å²) in [6.45, 7) is 4.71. The zero-order chi connectivity index (χ0) is 29.2. The van der Waals surface area contributed by atoms with Gasteiger partial charge in [0.25, 0.3) is 0 Å². The fourth-order valence-corrected chi connectivity index (χ4v) is 5.45. The second kappa shape index (κ2) is 11.6. The first kappa shape index (κ1) is 27.3. The molecule has 0 aliphatic carbocycles. The van der Waals surface area contributed by atoms with Crippen molar-refractivity contribution >= 4 is 22.8 Å². The molecule has 0 fully saturated rings. The van der Waals surface area contributed by atoms with E-state index in [4.69, 9.17) is 19.7 Å². The van der Waals surface area contributed by atoms with Crippen molar-refractivity contribution in [2.24, 2.45) is 0 Å². The number of carboxylic acid groups (broad SMARTS) is 1. The van der Waals surface area contributed by atoms with Gasteiger partial charge in [-0.15, -0.1) is 0 Å². The van der Waals surface area contributed by atoms with Crippen LogP contribution in [0.5, 0.6) is 6.01 Å². The molecule has 4 heterocycles. The van der Waals surface area contributed by atoms with E-state index in [1.807, 2.05) is 16.7 Å². The Morgan fingerprint density at radius 3 is 2.62 bits per heavy atom. The van der Waals surface area contributed by atoms with E-state index in [9.17, 15) is 14.3 Å². The number of anilines is 1. The fraction of sp³-hybridized carbons (Fsp3) is 0.300. The predicted molar refractivity (Wildman–Crippen MR) is 151 cm³/mol. The number of rotatable bonds is 10. The first-order valence-electron chi connectivity index (χ1n) is 13.4. The smallest absolute Gasteiger partial charge is 0.335 e. The molecule has 6 rings (SSSR count). The third kappa shape index (κ3) is 5.52. The number of hydrogen-bond acceptors (Lipinski definition) is 9. The van der Waals surface area contributed by atoms with E-state index >= 15 is 0 Å². The molecule has 2 aliphatic heterocycles. The van der Waals surface area contributed by atoms with E-state index in [0.29, 0.717) is 25.3 Å². The van der Waals surface area contributed by atoms with Gasteiger partial charge in [0.2, 0.25) is 0 Å². The average molecular weight is 570 g/mol. The van der Waals surface area contributed by atoms with Gasteiger partial charge in [-0.3, -0.25) is 4.90 Å². The highest BCUT2D eigenvalue weighted by atomic mass is 19.1. The van der Waals surface area contributed by atoms with Crippen LogP contribution < -0.4 is 9.64 Å². The summed E-state index contributed by atoms with van der Waals surface area (Å²) in [5.74, 6) is 0.134. The summed E-state index contributed by atoms with van der Waals surface area (Å²) in [5.41, 5.74) is 5.03. The van der Waals surface area contributed by atoms with Crippen LogP contribution in [0.4, 0.5) is 10.2 Å². The number of methoxy groups -OCH3 is 1. The second-order valence-corrected chi connectivity index (χ2v) is 10.3. The molecule has 0 amide bonds. The Hall–Kier alpha value is -4.86. The van der Waals surface area contributed by atoms with Crippen molar-refractivity contribution < 1.29 is 23.8 Å². The average Bonchev–Trinajstić information content (AvgIpc) is 3.66. The minimum atomic E-state index is -0.967. The molecule has 0 unspecified atom stereocenters. The molecule has 12 heteroatoms. The molecule has 2 aromatic carbocycles. The zero-order valence-corrected chi connectivity index (χ0v) is 23.0. The van der Waals surface area contributed by atoms with Gasteiger partial charge in [0.15, 0.2) is 0 Å². The van der Waals surface area contributed by atoms with Gasteiger partial charge in [0.05, 0.1) is 41.4 Å². The Morgan fingerprint density at radius 1 is 1.10 bits per heavy atom. The Morgan fingerprint density at radius 2 is 1.90 bits per heavy atom. The summed E-state index contributed by atoms with van der Waals surface area (Å²) >= 11 is 0. The van der Waals surface area contributed by atoms with Crippen LogP contribution in [0, 0.1) is 17.1 Å². The Kier molecular flexibility index (Phi) is 7.52. The summed E-state index contributed by atoms with van der Waals surface area (Å²) in [5, 5.41) is 18.4. The van der Waals surface area contributed by atoms with E-state index < -0.39 is 11.8 Å². The van der Waals surface area contributed by atoms with Crippen molar-refractivity contribution in [2.75, 3.05) is 44.8 Å². The van der Waals surface area contributed by atoms with Crippen LogP contribution in [-0.4, -0.2) is 75.4 Å². The van der Waals surface area contributed by atoms with Crippen molar-refractivity contribution in [3.05, 3.63) is 88.1 Å². The molecule has 4 aromatic rings. The minimum Gasteiger partial charge on any atom is -0.478 e. The van der Waals surface area contributed by atoms with Gasteiger partial charge in [-0.1, -0.05) is 6.07 Å². The maximum Gasteiger partial charge on any atom is 0.335 e. The van der Waals surface area contributed by atoms with Gasteiger partial charge in [0, 0.05) is 51.6 Å². The van der Waals surface area contributed by atoms with E-state index in [2.05, 4.69) is 19.8 Å². The highest BCUT2D eigenvalue weighted by Crippen LogP contribution is 2.30. The molecule has 0 radical (unpaired) electrons. The van der Waals surface area contributed by atoms with E-state index in [1.165, 1.54) is 23.3 Å². The molecule has 0 saturated carbocycles. The molecule has 0 atom stereocenters. The van der Waals surface area contributed by atoms with Crippen LogP contribution >= 0.6 is 0 Å². The number of aromatic nitrogens is 4. The molecule has 2 aromatic heterocycles. The largest absolute Gasteiger partial charge is 0.478 e. The lowest BCUT2D eigenvalue weighted by Crippen LogP contribution is -2.31. The van der Waals surface area contributed by atoms with Crippen molar-refractivity contribution in [1.82, 2.24) is 24.4 Å². The molecule has 2 aliphatic rings. The molecule has 1 N–H and O–H groups in total. The summed E-state index contributed by atoms with van der Waals surface area (Å²) in [7, 11) is 1.64. The Bertz CT molecular complexity index is 1730. The van der Waals surface area contributed by atoms with E-state index in [-0.39, 0.29) is 23.7 Å². The lowest BCUT2D eigenvalue weighted by Gasteiger charge is -2.23. The monoisotopic (exact) mass is 569 g/mol. The number of benzene rings is 2. The maximum absolute atomic E-state index is 14.2. The number of hydrogen-bond donors (Lipinski definition) is 1. The minimum absolute atomic E-state index is 0.0442. The molecule has 0 spiro atoms. The first-order chi connectivity index (χ1) is 20.4. The van der Waals surface area contributed by atoms with E-state index in [0.717, 1.165) is 48.9 Å². The lowest BCUT2D eigenvalue weighted by atomic mass is 10.1. The second-order valence-electron chi connectivity index (χ2n) is 10.3. The summed E-state index contributed by atoms with van der Waals surface area (Å²) < 4.78 is 27.2. The number of imidazole rings is 1. The van der Waals surface area contributed by atoms with Gasteiger partial charge in [-0.25, -0.2) is 19.2 Å². The zero-order valence-electron chi connectivity index (χ0n) is 23.0. The van der Waals surface area contributed by atoms with Gasteiger partial charge in [0.1, 0.15) is 24.1 Å². The normalized spacial score (nSPS) is 14.9. The molecular weight excluding hydrogens is 541 g/mol. The maximum atomic E-state index is 14.2. The summed E-state index contributed by atoms with van der Waals surface area (Å²) in [6, 6.07) is 13.2. The van der Waals surface area contributed by atoms with Crippen LogP contribution in [0.1, 0.15) is 27.3 Å². The standard InChI is InChI=1S/C30H28FN7O4/c1-41-9-8-38-26-11-20(29(39)40)4-5-25(26)34-28(38)17-36-13-22-15-37(16-23(22)14-36)27-6-7-33-30(35-27)42-18-21-3-2-19(12-32)10-24(21)31/h2-7,10-11H,8-9,13-18H2,1H3,(H,39,40). The van der Waals surface area contributed by atoms with Crippen molar-refractivity contribution in [3.8, 4) is 12.1 Å². The number of carbonyl (C=O) groups is 1. The summed E-state index contributed by atoms with van der Waals surface area (Å²) in [6.07, 6.45) is 1.63. The molecule has 214 valence electrons. The van der Waals surface area contributed by atoms with Gasteiger partial charge in [-0.05, 0) is 47.5 Å². The fourth-order valence-electron chi connectivity index (χ4n) is 5.45. The van der Waals surface area contributed by atoms with Crippen molar-refractivity contribution in [2.45, 2.75) is 19.7 Å². The van der Waals surface area contributed by atoms with Crippen LogP contribution in [0.2, 0.25) is 0 Å². The number of ether oxygens (including phenoxy) is 2. The molecule has 11 nitrogen and oxygen atoms in total. The third-order valence-corrected chi connectivity index (χ3v) is 7.53.